The number of nitrogens with two attached hydrogens (primary N) is 1. The summed E-state index contributed by atoms with van der Waals surface area (Å²) in [7, 11) is 0. The van der Waals surface area contributed by atoms with Crippen molar-refractivity contribution in [2.75, 3.05) is 11.1 Å². The van der Waals surface area contributed by atoms with Gasteiger partial charge in [0.25, 0.3) is 5.91 Å². The number of hydrogen-bond acceptors (Lipinski definition) is 9. The molecule has 0 spiro atoms. The van der Waals surface area contributed by atoms with Gasteiger partial charge in [-0.15, -0.1) is 0 Å². The first kappa shape index (κ1) is 20.1. The fraction of sp³-hybridized carbons (Fsp3) is 0.0476. The zero-order valence-corrected chi connectivity index (χ0v) is 16.8. The van der Waals surface area contributed by atoms with Crippen LogP contribution < -0.4 is 11.1 Å². The van der Waals surface area contributed by atoms with E-state index in [1.165, 1.54) is 17.8 Å². The van der Waals surface area contributed by atoms with Gasteiger partial charge >= 0.3 is 0 Å². The Hall–Kier alpha value is -4.23. The maximum atomic E-state index is 12.5. The Kier molecular flexibility index (Phi) is 5.86. The van der Waals surface area contributed by atoms with Crippen molar-refractivity contribution >= 4 is 29.2 Å². The molecule has 31 heavy (non-hydrogen) atoms. The highest BCUT2D eigenvalue weighted by molar-refractivity contribution is 7.98. The Morgan fingerprint density at radius 2 is 1.97 bits per heavy atom. The zero-order chi connectivity index (χ0) is 21.6. The molecule has 0 unspecified atom stereocenters. The number of pyridine rings is 2. The molecule has 0 bridgehead atoms. The number of benzene rings is 1. The molecule has 0 radical (unpaired) electrons. The number of nitrogen functional groups attached to an aromatic ring is 1. The van der Waals surface area contributed by atoms with E-state index in [0.717, 1.165) is 0 Å². The molecule has 4 rings (SSSR count). The van der Waals surface area contributed by atoms with Crippen LogP contribution in [0.5, 0.6) is 0 Å². The monoisotopic (exact) mass is 429 g/mol. The van der Waals surface area contributed by atoms with Gasteiger partial charge in [-0.25, -0.2) is 4.98 Å². The smallest absolute Gasteiger partial charge is 0.259 e. The molecule has 3 heterocycles. The van der Waals surface area contributed by atoms with Crippen molar-refractivity contribution in [2.45, 2.75) is 10.8 Å². The number of nitrogens with one attached hydrogen (secondary N) is 1. The van der Waals surface area contributed by atoms with Crippen molar-refractivity contribution < 1.29 is 9.32 Å². The third kappa shape index (κ3) is 4.68. The van der Waals surface area contributed by atoms with Crippen LogP contribution in [-0.4, -0.2) is 26.0 Å². The van der Waals surface area contributed by atoms with Gasteiger partial charge in [-0.05, 0) is 30.3 Å². The number of thioether (sulfide) groups is 1. The lowest BCUT2D eigenvalue weighted by atomic mass is 10.2. The second-order valence-corrected chi connectivity index (χ2v) is 7.19. The molecule has 1 amide bonds. The second-order valence-electron chi connectivity index (χ2n) is 6.22. The van der Waals surface area contributed by atoms with E-state index < -0.39 is 5.91 Å². The largest absolute Gasteiger partial charge is 0.383 e. The summed E-state index contributed by atoms with van der Waals surface area (Å²) in [4.78, 5) is 25.3. The van der Waals surface area contributed by atoms with E-state index in [2.05, 4.69) is 31.5 Å². The van der Waals surface area contributed by atoms with Gasteiger partial charge in [0.05, 0.1) is 16.9 Å². The van der Waals surface area contributed by atoms with Crippen molar-refractivity contribution in [2.24, 2.45) is 0 Å². The molecule has 9 nitrogen and oxygen atoms in total. The second kappa shape index (κ2) is 9.06. The standard InChI is InChI=1S/C21H15N7O2S/c22-11-13-10-15(20(29)25-14-6-2-1-3-7-14)18(23)27-21(13)31-12-17-26-19(28-30-17)16-8-4-5-9-24-16/h1-10H,12H2,(H2,23,27)(H,25,29). The van der Waals surface area contributed by atoms with E-state index in [0.29, 0.717) is 28.1 Å². The average molecular weight is 429 g/mol. The lowest BCUT2D eigenvalue weighted by Crippen LogP contribution is -2.15. The molecule has 4 aromatic rings. The van der Waals surface area contributed by atoms with E-state index in [1.807, 2.05) is 12.1 Å². The molecule has 3 aromatic heterocycles. The van der Waals surface area contributed by atoms with Gasteiger partial charge in [0.15, 0.2) is 0 Å². The molecule has 0 aliphatic carbocycles. The van der Waals surface area contributed by atoms with Crippen molar-refractivity contribution in [1.82, 2.24) is 20.1 Å². The van der Waals surface area contributed by atoms with Gasteiger partial charge in [-0.1, -0.05) is 41.2 Å². The topological polar surface area (TPSA) is 144 Å². The van der Waals surface area contributed by atoms with Gasteiger partial charge in [0.2, 0.25) is 11.7 Å². The predicted molar refractivity (Wildman–Crippen MR) is 115 cm³/mol. The van der Waals surface area contributed by atoms with Crippen LogP contribution in [0.1, 0.15) is 21.8 Å². The van der Waals surface area contributed by atoms with Crippen LogP contribution in [0.25, 0.3) is 11.5 Å². The summed E-state index contributed by atoms with van der Waals surface area (Å²) in [6.07, 6.45) is 1.64. The lowest BCUT2D eigenvalue weighted by Gasteiger charge is -2.09. The first-order valence-electron chi connectivity index (χ1n) is 9.08. The Morgan fingerprint density at radius 1 is 1.16 bits per heavy atom. The third-order valence-electron chi connectivity index (χ3n) is 4.11. The van der Waals surface area contributed by atoms with Crippen LogP contribution in [0.3, 0.4) is 0 Å². The van der Waals surface area contributed by atoms with Crippen LogP contribution in [-0.2, 0) is 5.75 Å². The van der Waals surface area contributed by atoms with Crippen LogP contribution in [0.4, 0.5) is 11.5 Å². The molecular weight excluding hydrogens is 414 g/mol. The highest BCUT2D eigenvalue weighted by Crippen LogP contribution is 2.27. The van der Waals surface area contributed by atoms with Crippen molar-refractivity contribution in [3.63, 3.8) is 0 Å². The van der Waals surface area contributed by atoms with E-state index in [4.69, 9.17) is 10.3 Å². The first-order chi connectivity index (χ1) is 15.1. The summed E-state index contributed by atoms with van der Waals surface area (Å²) in [6.45, 7) is 0. The number of para-hydroxylation sites is 1. The molecule has 10 heteroatoms. The van der Waals surface area contributed by atoms with Crippen LogP contribution >= 0.6 is 11.8 Å². The number of carbonyl (C=O) groups excluding carboxylic acids is 1. The molecule has 0 saturated heterocycles. The minimum atomic E-state index is -0.443. The van der Waals surface area contributed by atoms with Gasteiger partial charge < -0.3 is 15.6 Å². The Morgan fingerprint density at radius 3 is 2.71 bits per heavy atom. The first-order valence-corrected chi connectivity index (χ1v) is 10.1. The maximum Gasteiger partial charge on any atom is 0.259 e. The Bertz CT molecular complexity index is 1250. The molecule has 0 atom stereocenters. The molecule has 152 valence electrons. The molecule has 0 fully saturated rings. The number of aromatic nitrogens is 4. The summed E-state index contributed by atoms with van der Waals surface area (Å²) in [5, 5.41) is 16.5. The summed E-state index contributed by atoms with van der Waals surface area (Å²) in [5.41, 5.74) is 7.55. The van der Waals surface area contributed by atoms with E-state index in [-0.39, 0.29) is 22.7 Å². The molecule has 0 aliphatic rings. The normalized spacial score (nSPS) is 10.4. The van der Waals surface area contributed by atoms with Crippen molar-refractivity contribution in [3.05, 3.63) is 77.8 Å². The number of hydrogen-bond donors (Lipinski definition) is 2. The van der Waals surface area contributed by atoms with Crippen LogP contribution in [0.2, 0.25) is 0 Å². The van der Waals surface area contributed by atoms with Gasteiger partial charge in [-0.3, -0.25) is 9.78 Å². The number of rotatable bonds is 6. The van der Waals surface area contributed by atoms with E-state index >= 15 is 0 Å². The molecule has 1 aromatic carbocycles. The fourth-order valence-electron chi connectivity index (χ4n) is 2.64. The van der Waals surface area contributed by atoms with Gasteiger partial charge in [0.1, 0.15) is 22.6 Å². The number of nitrogens with zero attached hydrogens (tertiary/aromatic N) is 5. The summed E-state index contributed by atoms with van der Waals surface area (Å²) >= 11 is 1.21. The number of carbonyl (C=O) groups is 1. The third-order valence-corrected chi connectivity index (χ3v) is 5.08. The summed E-state index contributed by atoms with van der Waals surface area (Å²) in [6, 6.07) is 17.8. The molecule has 0 saturated carbocycles. The highest BCUT2D eigenvalue weighted by Gasteiger charge is 2.18. The van der Waals surface area contributed by atoms with Crippen molar-refractivity contribution in [1.29, 1.82) is 5.26 Å². The quantitative estimate of drug-likeness (QED) is 0.440. The molecule has 0 aliphatic heterocycles. The SMILES string of the molecule is N#Cc1cc(C(=O)Nc2ccccc2)c(N)nc1SCc1nc(-c2ccccn2)no1. The predicted octanol–water partition coefficient (Wildman–Crippen LogP) is 3.53. The molecule has 3 N–H and O–H groups in total. The fourth-order valence-corrected chi connectivity index (χ4v) is 3.44. The van der Waals surface area contributed by atoms with Gasteiger partial charge in [0, 0.05) is 11.9 Å². The maximum absolute atomic E-state index is 12.5. The summed E-state index contributed by atoms with van der Waals surface area (Å²) < 4.78 is 5.24. The molecular formula is C21H15N7O2S. The Labute approximate surface area is 181 Å². The van der Waals surface area contributed by atoms with Crippen molar-refractivity contribution in [3.8, 4) is 17.6 Å². The van der Waals surface area contributed by atoms with Crippen LogP contribution in [0, 0.1) is 11.3 Å². The lowest BCUT2D eigenvalue weighted by molar-refractivity contribution is 0.102. The summed E-state index contributed by atoms with van der Waals surface area (Å²) in [5.74, 6) is 0.574. The van der Waals surface area contributed by atoms with Crippen LogP contribution in [0.15, 0.2) is 70.3 Å². The Balaban J connectivity index is 1.49. The number of nitriles is 1. The van der Waals surface area contributed by atoms with E-state index in [1.54, 1.807) is 42.6 Å². The van der Waals surface area contributed by atoms with Gasteiger partial charge in [-0.2, -0.15) is 10.2 Å². The average Bonchev–Trinajstić information content (AvgIpc) is 3.28. The number of amides is 1. The highest BCUT2D eigenvalue weighted by atomic mass is 32.2. The number of anilines is 2. The minimum Gasteiger partial charge on any atom is -0.383 e. The minimum absolute atomic E-state index is 0.0228. The van der Waals surface area contributed by atoms with E-state index in [9.17, 15) is 10.1 Å². The zero-order valence-electron chi connectivity index (χ0n) is 16.0.